The largest absolute Gasteiger partial charge is 0.478 e. The molecule has 0 saturated heterocycles. The molecule has 1 aromatic heterocycles. The number of aryl methyl sites for hydroxylation is 1. The lowest BCUT2D eigenvalue weighted by molar-refractivity contribution is -0.134. The van der Waals surface area contributed by atoms with E-state index >= 15 is 0 Å². The summed E-state index contributed by atoms with van der Waals surface area (Å²) in [5.74, 6) is -0.943. The van der Waals surface area contributed by atoms with Gasteiger partial charge in [0.15, 0.2) is 0 Å². The van der Waals surface area contributed by atoms with Gasteiger partial charge in [-0.2, -0.15) is 0 Å². The molecule has 0 radical (unpaired) electrons. The summed E-state index contributed by atoms with van der Waals surface area (Å²) in [5.41, 5.74) is 0.932. The van der Waals surface area contributed by atoms with Crippen LogP contribution in [0.25, 0.3) is 0 Å². The van der Waals surface area contributed by atoms with Gasteiger partial charge in [0.2, 0.25) is 5.88 Å². The summed E-state index contributed by atoms with van der Waals surface area (Å²) >= 11 is 0. The molecule has 15 heavy (non-hydrogen) atoms. The van der Waals surface area contributed by atoms with Crippen LogP contribution >= 0.6 is 0 Å². The fourth-order valence-corrected chi connectivity index (χ4v) is 1.36. The first-order valence-corrected chi connectivity index (χ1v) is 4.35. The molecule has 1 atom stereocenters. The number of aliphatic hydroxyl groups excluding tert-OH is 1. The van der Waals surface area contributed by atoms with E-state index in [1.807, 2.05) is 0 Å². The van der Waals surface area contributed by atoms with Gasteiger partial charge < -0.3 is 14.9 Å². The highest BCUT2D eigenvalue weighted by Crippen LogP contribution is 2.32. The maximum atomic E-state index is 10.7. The van der Waals surface area contributed by atoms with Crippen molar-refractivity contribution < 1.29 is 19.7 Å². The summed E-state index contributed by atoms with van der Waals surface area (Å²) in [6.07, 6.45) is -0.166. The lowest BCUT2D eigenvalue weighted by atomic mass is 10.0. The van der Waals surface area contributed by atoms with E-state index < -0.39 is 12.1 Å². The van der Waals surface area contributed by atoms with Crippen molar-refractivity contribution in [3.8, 4) is 5.88 Å². The number of nitrogens with zero attached hydrogens (tertiary/aromatic N) is 1. The minimum atomic E-state index is -1.20. The first-order valence-electron chi connectivity index (χ1n) is 4.35. The number of rotatable bonds is 1. The molecule has 0 aliphatic carbocycles. The number of pyridine rings is 1. The molecule has 1 aliphatic heterocycles. The monoisotopic (exact) mass is 207 g/mol. The summed E-state index contributed by atoms with van der Waals surface area (Å²) in [6.45, 7) is 1.78. The Morgan fingerprint density at radius 1 is 1.53 bits per heavy atom. The molecule has 2 heterocycles. The molecule has 0 spiro atoms. The topological polar surface area (TPSA) is 79.7 Å². The average Bonchev–Trinajstić information content (AvgIpc) is 2.17. The Bertz CT molecular complexity index is 453. The number of hydrogen-bond donors (Lipinski definition) is 2. The third-order valence-corrected chi connectivity index (χ3v) is 2.16. The zero-order valence-corrected chi connectivity index (χ0v) is 7.97. The van der Waals surface area contributed by atoms with Crippen molar-refractivity contribution in [2.75, 3.05) is 0 Å². The van der Waals surface area contributed by atoms with Crippen LogP contribution in [0.1, 0.15) is 17.4 Å². The highest BCUT2D eigenvalue weighted by atomic mass is 16.5. The standard InChI is InChI=1S/C10H9NO4/c1-5-2-3-6-8(12)7(10(13)14)4-15-9(6)11-5/h2-4,8,12H,1H3,(H,13,14)/t8-/m1/s1. The minimum absolute atomic E-state index is 0.187. The fourth-order valence-electron chi connectivity index (χ4n) is 1.36. The van der Waals surface area contributed by atoms with Gasteiger partial charge in [0.05, 0.1) is 0 Å². The van der Waals surface area contributed by atoms with Gasteiger partial charge in [-0.05, 0) is 19.1 Å². The molecule has 5 nitrogen and oxygen atoms in total. The molecule has 78 valence electrons. The van der Waals surface area contributed by atoms with Crippen LogP contribution in [0, 0.1) is 6.92 Å². The SMILES string of the molecule is Cc1ccc2c(n1)OC=C(C(=O)O)[C@@H]2O. The van der Waals surface area contributed by atoms with Crippen molar-refractivity contribution in [1.29, 1.82) is 0 Å². The zero-order valence-electron chi connectivity index (χ0n) is 7.97. The molecule has 0 fully saturated rings. The Labute approximate surface area is 85.6 Å². The van der Waals surface area contributed by atoms with Crippen molar-refractivity contribution in [2.45, 2.75) is 13.0 Å². The molecular formula is C10H9NO4. The van der Waals surface area contributed by atoms with Crippen LogP contribution in [0.2, 0.25) is 0 Å². The van der Waals surface area contributed by atoms with Crippen LogP contribution < -0.4 is 4.74 Å². The van der Waals surface area contributed by atoms with Crippen LogP contribution in [0.4, 0.5) is 0 Å². The summed E-state index contributed by atoms with van der Waals surface area (Å²) in [5, 5.41) is 18.5. The van der Waals surface area contributed by atoms with Crippen molar-refractivity contribution in [2.24, 2.45) is 0 Å². The molecule has 0 bridgehead atoms. The maximum absolute atomic E-state index is 10.7. The maximum Gasteiger partial charge on any atom is 0.337 e. The fraction of sp³-hybridized carbons (Fsp3) is 0.200. The molecule has 0 saturated carbocycles. The van der Waals surface area contributed by atoms with E-state index in [-0.39, 0.29) is 11.5 Å². The summed E-state index contributed by atoms with van der Waals surface area (Å²) in [4.78, 5) is 14.8. The van der Waals surface area contributed by atoms with Crippen molar-refractivity contribution in [1.82, 2.24) is 4.98 Å². The molecule has 0 unspecified atom stereocenters. The number of aliphatic hydroxyl groups is 1. The second-order valence-corrected chi connectivity index (χ2v) is 3.25. The van der Waals surface area contributed by atoms with Gasteiger partial charge in [0.25, 0.3) is 0 Å². The molecule has 0 aromatic carbocycles. The molecule has 1 aliphatic rings. The Kier molecular flexibility index (Phi) is 2.17. The highest BCUT2D eigenvalue weighted by molar-refractivity contribution is 5.88. The second-order valence-electron chi connectivity index (χ2n) is 3.25. The summed E-state index contributed by atoms with van der Waals surface area (Å²) < 4.78 is 5.03. The molecule has 0 amide bonds. The van der Waals surface area contributed by atoms with Gasteiger partial charge in [-0.1, -0.05) is 0 Å². The molecule has 2 N–H and O–H groups in total. The van der Waals surface area contributed by atoms with Gasteiger partial charge in [-0.25, -0.2) is 9.78 Å². The Morgan fingerprint density at radius 3 is 2.93 bits per heavy atom. The van der Waals surface area contributed by atoms with Crippen LogP contribution in [0.3, 0.4) is 0 Å². The van der Waals surface area contributed by atoms with Crippen molar-refractivity contribution in [3.05, 3.63) is 35.2 Å². The number of ether oxygens (including phenoxy) is 1. The third kappa shape index (κ3) is 1.57. The minimum Gasteiger partial charge on any atom is -0.478 e. The zero-order chi connectivity index (χ0) is 11.0. The lowest BCUT2D eigenvalue weighted by Gasteiger charge is -2.19. The first kappa shape index (κ1) is 9.67. The number of aliphatic carboxylic acids is 1. The normalized spacial score (nSPS) is 18.8. The highest BCUT2D eigenvalue weighted by Gasteiger charge is 2.28. The quantitative estimate of drug-likeness (QED) is 0.711. The van der Waals surface area contributed by atoms with Crippen LogP contribution in [0.5, 0.6) is 5.88 Å². The van der Waals surface area contributed by atoms with Gasteiger partial charge in [0.1, 0.15) is 17.9 Å². The number of carboxylic acids is 1. The lowest BCUT2D eigenvalue weighted by Crippen LogP contribution is -2.17. The van der Waals surface area contributed by atoms with Gasteiger partial charge in [0, 0.05) is 11.3 Å². The van der Waals surface area contributed by atoms with Crippen LogP contribution in [-0.2, 0) is 4.79 Å². The van der Waals surface area contributed by atoms with Gasteiger partial charge >= 0.3 is 5.97 Å². The number of carboxylic acid groups (broad SMARTS) is 1. The number of hydrogen-bond acceptors (Lipinski definition) is 4. The first-order chi connectivity index (χ1) is 7.09. The predicted molar refractivity (Wildman–Crippen MR) is 50.3 cm³/mol. The molecule has 5 heteroatoms. The van der Waals surface area contributed by atoms with E-state index in [1.165, 1.54) is 0 Å². The van der Waals surface area contributed by atoms with Gasteiger partial charge in [-0.3, -0.25) is 0 Å². The van der Waals surface area contributed by atoms with E-state index in [9.17, 15) is 9.90 Å². The Morgan fingerprint density at radius 2 is 2.27 bits per heavy atom. The van der Waals surface area contributed by atoms with E-state index in [4.69, 9.17) is 9.84 Å². The molecule has 1 aromatic rings. The van der Waals surface area contributed by atoms with E-state index in [0.717, 1.165) is 12.0 Å². The predicted octanol–water partition coefficient (Wildman–Crippen LogP) is 0.784. The third-order valence-electron chi connectivity index (χ3n) is 2.16. The van der Waals surface area contributed by atoms with Crippen LogP contribution in [-0.4, -0.2) is 21.2 Å². The average molecular weight is 207 g/mol. The Balaban J connectivity index is 2.45. The Hall–Kier alpha value is -1.88. The van der Waals surface area contributed by atoms with E-state index in [1.54, 1.807) is 19.1 Å². The summed E-state index contributed by atoms with van der Waals surface area (Å²) in [7, 11) is 0. The summed E-state index contributed by atoms with van der Waals surface area (Å²) in [6, 6.07) is 3.30. The number of fused-ring (bicyclic) bond motifs is 1. The second kappa shape index (κ2) is 3.36. The van der Waals surface area contributed by atoms with Crippen molar-refractivity contribution >= 4 is 5.97 Å². The number of aromatic nitrogens is 1. The van der Waals surface area contributed by atoms with Gasteiger partial charge in [-0.15, -0.1) is 0 Å². The van der Waals surface area contributed by atoms with E-state index in [2.05, 4.69) is 4.98 Å². The van der Waals surface area contributed by atoms with E-state index in [0.29, 0.717) is 5.56 Å². The number of carbonyl (C=O) groups is 1. The molecular weight excluding hydrogens is 198 g/mol. The van der Waals surface area contributed by atoms with Crippen molar-refractivity contribution in [3.63, 3.8) is 0 Å². The molecule has 2 rings (SSSR count). The van der Waals surface area contributed by atoms with Crippen LogP contribution in [0.15, 0.2) is 24.0 Å². The smallest absolute Gasteiger partial charge is 0.337 e.